The van der Waals surface area contributed by atoms with Gasteiger partial charge in [0.25, 0.3) is 0 Å². The fourth-order valence-corrected chi connectivity index (χ4v) is 1.87. The molecule has 2 rings (SSSR count). The zero-order valence-electron chi connectivity index (χ0n) is 8.81. The topological polar surface area (TPSA) is 38.0 Å². The summed E-state index contributed by atoms with van der Waals surface area (Å²) in [6.07, 6.45) is -3.60. The standard InChI is InChI=1S/C11H13F3N2/c1-6(15)9-4-7-2-3-8(11(12,13)14)5-10(7)16-9/h2-3,5-6,9,16H,4,15H2,1H3. The van der Waals surface area contributed by atoms with E-state index in [0.29, 0.717) is 12.1 Å². The number of halogens is 3. The number of benzene rings is 1. The van der Waals surface area contributed by atoms with Crippen molar-refractivity contribution in [3.05, 3.63) is 29.3 Å². The molecule has 3 N–H and O–H groups in total. The second-order valence-corrected chi connectivity index (χ2v) is 4.18. The minimum atomic E-state index is -4.29. The lowest BCUT2D eigenvalue weighted by atomic mass is 10.0. The van der Waals surface area contributed by atoms with Crippen LogP contribution in [0.3, 0.4) is 0 Å². The molecule has 0 spiro atoms. The Morgan fingerprint density at radius 2 is 2.12 bits per heavy atom. The molecule has 16 heavy (non-hydrogen) atoms. The van der Waals surface area contributed by atoms with Gasteiger partial charge in [0.2, 0.25) is 0 Å². The van der Waals surface area contributed by atoms with E-state index in [1.54, 1.807) is 0 Å². The molecule has 2 atom stereocenters. The molecule has 0 aromatic heterocycles. The number of fused-ring (bicyclic) bond motifs is 1. The predicted octanol–water partition coefficient (Wildman–Crippen LogP) is 2.39. The Morgan fingerprint density at radius 3 is 2.69 bits per heavy atom. The summed E-state index contributed by atoms with van der Waals surface area (Å²) >= 11 is 0. The minimum absolute atomic E-state index is 0.0264. The van der Waals surface area contributed by atoms with Gasteiger partial charge < -0.3 is 11.1 Å². The van der Waals surface area contributed by atoms with E-state index >= 15 is 0 Å². The molecule has 0 radical (unpaired) electrons. The van der Waals surface area contributed by atoms with Crippen LogP contribution in [-0.4, -0.2) is 12.1 Å². The van der Waals surface area contributed by atoms with Gasteiger partial charge in [-0.3, -0.25) is 0 Å². The maximum atomic E-state index is 12.5. The fraction of sp³-hybridized carbons (Fsp3) is 0.455. The average molecular weight is 230 g/mol. The van der Waals surface area contributed by atoms with Crippen LogP contribution in [0.2, 0.25) is 0 Å². The molecule has 0 bridgehead atoms. The summed E-state index contributed by atoms with van der Waals surface area (Å²) in [6, 6.07) is 3.73. The summed E-state index contributed by atoms with van der Waals surface area (Å²) in [5.41, 5.74) is 6.55. The molecule has 2 unspecified atom stereocenters. The van der Waals surface area contributed by atoms with Gasteiger partial charge in [-0.2, -0.15) is 13.2 Å². The van der Waals surface area contributed by atoms with Gasteiger partial charge in [0.05, 0.1) is 5.56 Å². The van der Waals surface area contributed by atoms with Gasteiger partial charge in [0, 0.05) is 17.8 Å². The number of hydrogen-bond acceptors (Lipinski definition) is 2. The van der Waals surface area contributed by atoms with Crippen molar-refractivity contribution in [2.75, 3.05) is 5.32 Å². The monoisotopic (exact) mass is 230 g/mol. The molecule has 2 nitrogen and oxygen atoms in total. The molecule has 1 aromatic rings. The normalized spacial score (nSPS) is 21.4. The highest BCUT2D eigenvalue weighted by Gasteiger charge is 2.32. The van der Waals surface area contributed by atoms with Gasteiger partial charge in [-0.05, 0) is 31.0 Å². The lowest BCUT2D eigenvalue weighted by molar-refractivity contribution is -0.137. The number of alkyl halides is 3. The molecule has 88 valence electrons. The summed E-state index contributed by atoms with van der Waals surface area (Å²) in [7, 11) is 0. The Morgan fingerprint density at radius 1 is 1.44 bits per heavy atom. The number of rotatable bonds is 1. The summed E-state index contributed by atoms with van der Waals surface area (Å²) in [4.78, 5) is 0. The Kier molecular flexibility index (Phi) is 2.58. The first-order valence-electron chi connectivity index (χ1n) is 5.10. The van der Waals surface area contributed by atoms with Crippen LogP contribution in [0, 0.1) is 0 Å². The average Bonchev–Trinajstić information content (AvgIpc) is 2.58. The molecule has 0 saturated heterocycles. The summed E-state index contributed by atoms with van der Waals surface area (Å²) in [5.74, 6) is 0. The predicted molar refractivity (Wildman–Crippen MR) is 56.2 cm³/mol. The van der Waals surface area contributed by atoms with Crippen LogP contribution in [0.4, 0.5) is 18.9 Å². The highest BCUT2D eigenvalue weighted by molar-refractivity contribution is 5.59. The smallest absolute Gasteiger partial charge is 0.380 e. The van der Waals surface area contributed by atoms with Crippen LogP contribution in [-0.2, 0) is 12.6 Å². The Balaban J connectivity index is 2.28. The SMILES string of the molecule is CC(N)C1Cc2ccc(C(F)(F)F)cc2N1. The highest BCUT2D eigenvalue weighted by atomic mass is 19.4. The van der Waals surface area contributed by atoms with Crippen LogP contribution in [0.1, 0.15) is 18.1 Å². The van der Waals surface area contributed by atoms with Crippen molar-refractivity contribution in [3.63, 3.8) is 0 Å². The minimum Gasteiger partial charge on any atom is -0.380 e. The van der Waals surface area contributed by atoms with Crippen LogP contribution in [0.25, 0.3) is 0 Å². The lowest BCUT2D eigenvalue weighted by Crippen LogP contribution is -2.36. The van der Waals surface area contributed by atoms with E-state index in [-0.39, 0.29) is 12.1 Å². The summed E-state index contributed by atoms with van der Waals surface area (Å²) in [6.45, 7) is 1.84. The highest BCUT2D eigenvalue weighted by Crippen LogP contribution is 2.35. The van der Waals surface area contributed by atoms with E-state index in [1.165, 1.54) is 6.07 Å². The molecular weight excluding hydrogens is 217 g/mol. The van der Waals surface area contributed by atoms with E-state index in [1.807, 2.05) is 6.92 Å². The Hall–Kier alpha value is -1.23. The molecule has 1 aliphatic heterocycles. The van der Waals surface area contributed by atoms with E-state index in [9.17, 15) is 13.2 Å². The van der Waals surface area contributed by atoms with E-state index in [0.717, 1.165) is 17.7 Å². The summed E-state index contributed by atoms with van der Waals surface area (Å²) < 4.78 is 37.4. The van der Waals surface area contributed by atoms with Crippen molar-refractivity contribution in [2.24, 2.45) is 5.73 Å². The number of nitrogens with two attached hydrogens (primary N) is 1. The van der Waals surface area contributed by atoms with Gasteiger partial charge >= 0.3 is 6.18 Å². The number of anilines is 1. The van der Waals surface area contributed by atoms with Crippen LogP contribution < -0.4 is 11.1 Å². The molecule has 0 saturated carbocycles. The third-order valence-corrected chi connectivity index (χ3v) is 2.85. The molecule has 0 aliphatic carbocycles. The zero-order chi connectivity index (χ0) is 11.9. The molecule has 1 heterocycles. The van der Waals surface area contributed by atoms with E-state index < -0.39 is 11.7 Å². The first-order valence-corrected chi connectivity index (χ1v) is 5.10. The van der Waals surface area contributed by atoms with Gasteiger partial charge in [0.15, 0.2) is 0 Å². The van der Waals surface area contributed by atoms with Crippen molar-refractivity contribution in [3.8, 4) is 0 Å². The molecule has 0 amide bonds. The van der Waals surface area contributed by atoms with E-state index in [2.05, 4.69) is 5.32 Å². The van der Waals surface area contributed by atoms with Gasteiger partial charge in [0.1, 0.15) is 0 Å². The van der Waals surface area contributed by atoms with Crippen LogP contribution in [0.5, 0.6) is 0 Å². The first-order chi connectivity index (χ1) is 7.38. The van der Waals surface area contributed by atoms with Gasteiger partial charge in [-0.15, -0.1) is 0 Å². The number of nitrogens with one attached hydrogen (secondary N) is 1. The van der Waals surface area contributed by atoms with Crippen LogP contribution in [0.15, 0.2) is 18.2 Å². The lowest BCUT2D eigenvalue weighted by Gasteiger charge is -2.15. The second kappa shape index (κ2) is 3.66. The maximum Gasteiger partial charge on any atom is 0.416 e. The quantitative estimate of drug-likeness (QED) is 0.777. The largest absolute Gasteiger partial charge is 0.416 e. The third kappa shape index (κ3) is 2.00. The third-order valence-electron chi connectivity index (χ3n) is 2.85. The van der Waals surface area contributed by atoms with Gasteiger partial charge in [-0.25, -0.2) is 0 Å². The van der Waals surface area contributed by atoms with Crippen molar-refractivity contribution in [2.45, 2.75) is 31.6 Å². The zero-order valence-corrected chi connectivity index (χ0v) is 8.81. The molecule has 1 aliphatic rings. The number of hydrogen-bond donors (Lipinski definition) is 2. The Bertz CT molecular complexity index is 399. The second-order valence-electron chi connectivity index (χ2n) is 4.18. The molecule has 0 fully saturated rings. The van der Waals surface area contributed by atoms with Crippen molar-refractivity contribution < 1.29 is 13.2 Å². The maximum absolute atomic E-state index is 12.5. The van der Waals surface area contributed by atoms with Crippen LogP contribution >= 0.6 is 0 Å². The summed E-state index contributed by atoms with van der Waals surface area (Å²) in [5, 5.41) is 3.02. The molecule has 5 heteroatoms. The first kappa shape index (κ1) is 11.3. The fourth-order valence-electron chi connectivity index (χ4n) is 1.87. The van der Waals surface area contributed by atoms with Crippen molar-refractivity contribution in [1.82, 2.24) is 0 Å². The van der Waals surface area contributed by atoms with Gasteiger partial charge in [-0.1, -0.05) is 6.07 Å². The van der Waals surface area contributed by atoms with E-state index in [4.69, 9.17) is 5.73 Å². The van der Waals surface area contributed by atoms with Crippen molar-refractivity contribution in [1.29, 1.82) is 0 Å². The molecular formula is C11H13F3N2. The van der Waals surface area contributed by atoms with Crippen molar-refractivity contribution >= 4 is 5.69 Å². The molecule has 1 aromatic carbocycles. The Labute approximate surface area is 91.6 Å².